The molecule has 7 nitrogen and oxygen atoms in total. The average molecular weight is 507 g/mol. The molecule has 0 bridgehead atoms. The van der Waals surface area contributed by atoms with Gasteiger partial charge in [-0.15, -0.1) is 0 Å². The molecule has 2 amide bonds. The fourth-order valence-corrected chi connectivity index (χ4v) is 4.72. The van der Waals surface area contributed by atoms with Crippen LogP contribution in [0.2, 0.25) is 0 Å². The van der Waals surface area contributed by atoms with Crippen LogP contribution in [0.4, 0.5) is 25.0 Å². The summed E-state index contributed by atoms with van der Waals surface area (Å²) < 4.78 is 28.8. The molecular weight excluding hydrogens is 478 g/mol. The summed E-state index contributed by atoms with van der Waals surface area (Å²) in [6, 6.07) is 18.8. The molecule has 9 heteroatoms. The van der Waals surface area contributed by atoms with Gasteiger partial charge >= 0.3 is 6.03 Å². The molecule has 1 atom stereocenters. The maximum absolute atomic E-state index is 14.8. The molecule has 192 valence electrons. The summed E-state index contributed by atoms with van der Waals surface area (Å²) in [5.74, 6) is -1.10. The smallest absolute Gasteiger partial charge is 0.320 e. The topological polar surface area (TPSA) is 78.7 Å². The number of hydrogen-bond acceptors (Lipinski definition) is 4. The number of carbonyl (C=O) groups is 1. The summed E-state index contributed by atoms with van der Waals surface area (Å²) in [6.07, 6.45) is 3.02. The fraction of sp³-hybridized carbons (Fsp3) is 0.250. The van der Waals surface area contributed by atoms with Gasteiger partial charge in [0.05, 0.1) is 10.5 Å². The third-order valence-corrected chi connectivity index (χ3v) is 6.53. The number of nitrogens with one attached hydrogen (secondary N) is 1. The van der Waals surface area contributed by atoms with E-state index in [1.165, 1.54) is 17.0 Å². The van der Waals surface area contributed by atoms with Crippen LogP contribution in [-0.4, -0.2) is 47.9 Å². The van der Waals surface area contributed by atoms with Crippen LogP contribution in [-0.2, 0) is 5.54 Å². The Morgan fingerprint density at radius 1 is 1.08 bits per heavy atom. The minimum Gasteiger partial charge on any atom is -0.385 e. The number of rotatable bonds is 8. The van der Waals surface area contributed by atoms with Gasteiger partial charge in [0.1, 0.15) is 11.6 Å². The fourth-order valence-electron chi connectivity index (χ4n) is 4.72. The number of anilines is 1. The van der Waals surface area contributed by atoms with Crippen LogP contribution in [0.25, 0.3) is 5.57 Å². The van der Waals surface area contributed by atoms with Crippen molar-refractivity contribution in [3.63, 3.8) is 0 Å². The zero-order valence-electron chi connectivity index (χ0n) is 20.7. The van der Waals surface area contributed by atoms with Gasteiger partial charge in [-0.2, -0.15) is 0 Å². The first-order valence-corrected chi connectivity index (χ1v) is 11.9. The van der Waals surface area contributed by atoms with Crippen molar-refractivity contribution in [1.29, 1.82) is 0 Å². The van der Waals surface area contributed by atoms with Crippen molar-refractivity contribution in [3.05, 3.63) is 112 Å². The standard InChI is InChI=1S/C28H28F2N4O3/c1-32(2)27(35)33-19-20(25-17-22(29)9-14-26(25)30)18-28(33,21-7-4-3-5-8-21)15-6-16-31-23-10-12-24(13-11-23)34(36)37/h3-5,7-14,17-18,31H,6,15-16,19H2,1-2H3. The van der Waals surface area contributed by atoms with E-state index in [9.17, 15) is 23.7 Å². The molecule has 0 fully saturated rings. The molecule has 3 aromatic rings. The van der Waals surface area contributed by atoms with Gasteiger partial charge in [-0.05, 0) is 60.4 Å². The van der Waals surface area contributed by atoms with Crippen LogP contribution in [0.1, 0.15) is 24.0 Å². The zero-order valence-corrected chi connectivity index (χ0v) is 20.7. The van der Waals surface area contributed by atoms with Crippen molar-refractivity contribution in [1.82, 2.24) is 9.80 Å². The molecule has 1 N–H and O–H groups in total. The Balaban J connectivity index is 1.66. The van der Waals surface area contributed by atoms with Gasteiger partial charge in [-0.25, -0.2) is 13.6 Å². The Morgan fingerprint density at radius 3 is 2.43 bits per heavy atom. The molecule has 0 saturated carbocycles. The van der Waals surface area contributed by atoms with Crippen molar-refractivity contribution in [2.45, 2.75) is 18.4 Å². The number of nitro groups is 1. The molecule has 1 aliphatic rings. The molecule has 1 heterocycles. The Labute approximate surface area is 214 Å². The van der Waals surface area contributed by atoms with E-state index in [-0.39, 0.29) is 23.8 Å². The Morgan fingerprint density at radius 2 is 1.78 bits per heavy atom. The Hall–Kier alpha value is -4.27. The molecule has 1 aliphatic heterocycles. The van der Waals surface area contributed by atoms with E-state index in [0.29, 0.717) is 25.0 Å². The first kappa shape index (κ1) is 25.8. The van der Waals surface area contributed by atoms with Gasteiger partial charge in [0.2, 0.25) is 0 Å². The van der Waals surface area contributed by atoms with Gasteiger partial charge in [0.15, 0.2) is 0 Å². The lowest BCUT2D eigenvalue weighted by atomic mass is 9.84. The summed E-state index contributed by atoms with van der Waals surface area (Å²) in [6.45, 7) is 0.663. The average Bonchev–Trinajstić information content (AvgIpc) is 3.28. The third-order valence-electron chi connectivity index (χ3n) is 6.53. The van der Waals surface area contributed by atoms with Crippen LogP contribution in [0.15, 0.2) is 78.9 Å². The molecule has 0 aliphatic carbocycles. The molecule has 3 aromatic carbocycles. The van der Waals surface area contributed by atoms with Crippen LogP contribution < -0.4 is 5.32 Å². The van der Waals surface area contributed by atoms with Crippen LogP contribution in [0.3, 0.4) is 0 Å². The molecule has 0 spiro atoms. The van der Waals surface area contributed by atoms with Crippen molar-refractivity contribution in [2.75, 3.05) is 32.5 Å². The number of urea groups is 1. The van der Waals surface area contributed by atoms with Crippen molar-refractivity contribution in [3.8, 4) is 0 Å². The molecular formula is C28H28F2N4O3. The number of nitrogens with zero attached hydrogens (tertiary/aromatic N) is 3. The lowest BCUT2D eigenvalue weighted by molar-refractivity contribution is -0.384. The highest BCUT2D eigenvalue weighted by Crippen LogP contribution is 2.44. The van der Waals surface area contributed by atoms with E-state index >= 15 is 0 Å². The van der Waals surface area contributed by atoms with E-state index in [4.69, 9.17) is 0 Å². The van der Waals surface area contributed by atoms with E-state index in [1.54, 1.807) is 31.1 Å². The van der Waals surface area contributed by atoms with Crippen LogP contribution in [0, 0.1) is 21.7 Å². The predicted molar refractivity (Wildman–Crippen MR) is 139 cm³/mol. The monoisotopic (exact) mass is 506 g/mol. The third kappa shape index (κ3) is 5.45. The van der Waals surface area contributed by atoms with Gasteiger partial charge < -0.3 is 15.1 Å². The van der Waals surface area contributed by atoms with Gasteiger partial charge in [-0.3, -0.25) is 10.1 Å². The maximum atomic E-state index is 14.8. The zero-order chi connectivity index (χ0) is 26.6. The van der Waals surface area contributed by atoms with E-state index in [2.05, 4.69) is 5.32 Å². The number of hydrogen-bond donors (Lipinski definition) is 1. The Kier molecular flexibility index (Phi) is 7.52. The highest BCUT2D eigenvalue weighted by molar-refractivity contribution is 5.83. The van der Waals surface area contributed by atoms with Crippen LogP contribution >= 0.6 is 0 Å². The summed E-state index contributed by atoms with van der Waals surface area (Å²) in [5.41, 5.74) is 1.42. The summed E-state index contributed by atoms with van der Waals surface area (Å²) in [4.78, 5) is 27.0. The SMILES string of the molecule is CN(C)C(=O)N1CC(c2cc(F)ccc2F)=CC1(CCCNc1ccc([N+](=O)[O-])cc1)c1ccccc1. The predicted octanol–water partition coefficient (Wildman–Crippen LogP) is 6.04. The molecule has 1 unspecified atom stereocenters. The lowest BCUT2D eigenvalue weighted by Gasteiger charge is -2.40. The number of carbonyl (C=O) groups excluding carboxylic acids is 1. The van der Waals surface area contributed by atoms with Gasteiger partial charge in [0.25, 0.3) is 5.69 Å². The highest BCUT2D eigenvalue weighted by Gasteiger charge is 2.45. The number of nitro benzene ring substituents is 1. The normalized spacial score (nSPS) is 16.9. The van der Waals surface area contributed by atoms with Crippen molar-refractivity contribution in [2.24, 2.45) is 0 Å². The second kappa shape index (κ2) is 10.8. The second-order valence-corrected chi connectivity index (χ2v) is 9.18. The van der Waals surface area contributed by atoms with Crippen molar-refractivity contribution < 1.29 is 18.5 Å². The van der Waals surface area contributed by atoms with Gasteiger partial charge in [0, 0.05) is 50.6 Å². The number of non-ortho nitro benzene ring substituents is 1. The first-order valence-electron chi connectivity index (χ1n) is 11.9. The maximum Gasteiger partial charge on any atom is 0.320 e. The van der Waals surface area contributed by atoms with Crippen molar-refractivity contribution >= 4 is 23.0 Å². The second-order valence-electron chi connectivity index (χ2n) is 9.18. The summed E-state index contributed by atoms with van der Waals surface area (Å²) >= 11 is 0. The van der Waals surface area contributed by atoms with E-state index < -0.39 is 22.1 Å². The first-order chi connectivity index (χ1) is 17.7. The molecule has 0 aromatic heterocycles. The largest absolute Gasteiger partial charge is 0.385 e. The Bertz CT molecular complexity index is 1310. The number of halogens is 2. The minimum atomic E-state index is -0.881. The summed E-state index contributed by atoms with van der Waals surface area (Å²) in [5, 5.41) is 14.2. The number of benzene rings is 3. The quantitative estimate of drug-likeness (QED) is 0.230. The summed E-state index contributed by atoms with van der Waals surface area (Å²) in [7, 11) is 3.32. The minimum absolute atomic E-state index is 0.0135. The number of amides is 2. The molecule has 0 radical (unpaired) electrons. The highest BCUT2D eigenvalue weighted by atomic mass is 19.1. The van der Waals surface area contributed by atoms with Gasteiger partial charge in [-0.1, -0.05) is 30.3 Å². The van der Waals surface area contributed by atoms with E-state index in [1.807, 2.05) is 36.4 Å². The lowest BCUT2D eigenvalue weighted by Crippen LogP contribution is -2.49. The van der Waals surface area contributed by atoms with Crippen LogP contribution in [0.5, 0.6) is 0 Å². The molecule has 37 heavy (non-hydrogen) atoms. The molecule has 4 rings (SSSR count). The van der Waals surface area contributed by atoms with E-state index in [0.717, 1.165) is 29.4 Å². The molecule has 0 saturated heterocycles.